The first-order valence-electron chi connectivity index (χ1n) is 8.35. The van der Waals surface area contributed by atoms with Crippen LogP contribution >= 0.6 is 11.3 Å². The Morgan fingerprint density at radius 3 is 2.85 bits per heavy atom. The van der Waals surface area contributed by atoms with Crippen molar-refractivity contribution in [3.63, 3.8) is 0 Å². The maximum absolute atomic E-state index is 12.6. The highest BCUT2D eigenvalue weighted by atomic mass is 32.1. The van der Waals surface area contributed by atoms with Gasteiger partial charge in [0.2, 0.25) is 5.91 Å². The van der Waals surface area contributed by atoms with E-state index in [2.05, 4.69) is 15.2 Å². The van der Waals surface area contributed by atoms with Crippen LogP contribution in [-0.4, -0.2) is 49.7 Å². The highest BCUT2D eigenvalue weighted by molar-refractivity contribution is 7.11. The number of piperidine rings is 1. The van der Waals surface area contributed by atoms with Crippen LogP contribution < -0.4 is 10.3 Å². The number of rotatable bonds is 4. The first-order valence-corrected chi connectivity index (χ1v) is 9.23. The van der Waals surface area contributed by atoms with Crippen LogP contribution in [0.4, 0.5) is 0 Å². The van der Waals surface area contributed by atoms with Crippen molar-refractivity contribution in [3.05, 3.63) is 46.5 Å². The van der Waals surface area contributed by atoms with Crippen LogP contribution in [0.3, 0.4) is 0 Å². The molecule has 0 atom stereocenters. The number of hydrogen-bond donors (Lipinski definition) is 0. The number of nitrogens with zero attached hydrogens (tertiary/aromatic N) is 5. The first-order chi connectivity index (χ1) is 12.7. The maximum Gasteiger partial charge on any atom is 0.294 e. The summed E-state index contributed by atoms with van der Waals surface area (Å²) in [6.07, 6.45) is 2.94. The third kappa shape index (κ3) is 3.43. The Bertz CT molecular complexity index is 964. The molecule has 26 heavy (non-hydrogen) atoms. The summed E-state index contributed by atoms with van der Waals surface area (Å²) in [5.74, 6) is -0.0847. The van der Waals surface area contributed by atoms with E-state index in [1.807, 2.05) is 6.07 Å². The first kappa shape index (κ1) is 16.6. The largest absolute Gasteiger partial charge is 0.465 e. The number of ether oxygens (including phenoxy) is 1. The summed E-state index contributed by atoms with van der Waals surface area (Å²) in [5, 5.41) is 8.70. The second kappa shape index (κ2) is 7.20. The van der Waals surface area contributed by atoms with E-state index in [9.17, 15) is 9.59 Å². The van der Waals surface area contributed by atoms with Gasteiger partial charge >= 0.3 is 0 Å². The topological polar surface area (TPSA) is 90.2 Å². The quantitative estimate of drug-likeness (QED) is 0.687. The molecule has 1 aromatic carbocycles. The lowest BCUT2D eigenvalue weighted by Crippen LogP contribution is -2.44. The van der Waals surface area contributed by atoms with Gasteiger partial charge in [-0.05, 0) is 12.1 Å². The molecule has 2 aromatic heterocycles. The fourth-order valence-electron chi connectivity index (χ4n) is 3.04. The molecule has 134 valence electrons. The molecule has 8 nitrogen and oxygen atoms in total. The van der Waals surface area contributed by atoms with E-state index < -0.39 is 0 Å². The minimum Gasteiger partial charge on any atom is -0.465 e. The fourth-order valence-corrected chi connectivity index (χ4v) is 3.51. The van der Waals surface area contributed by atoms with E-state index in [0.717, 1.165) is 12.8 Å². The van der Waals surface area contributed by atoms with Crippen LogP contribution in [0, 0.1) is 0 Å². The molecular weight excluding hydrogens is 354 g/mol. The van der Waals surface area contributed by atoms with Gasteiger partial charge in [-0.15, -0.1) is 10.2 Å². The summed E-state index contributed by atoms with van der Waals surface area (Å²) in [5.41, 5.74) is 2.07. The van der Waals surface area contributed by atoms with E-state index >= 15 is 0 Å². The number of likely N-dealkylation sites (tertiary alicyclic amines) is 1. The zero-order chi connectivity index (χ0) is 17.9. The lowest BCUT2D eigenvalue weighted by molar-refractivity contribution is -0.133. The molecular formula is C17H17N5O3S. The molecule has 0 saturated carbocycles. The highest BCUT2D eigenvalue weighted by Gasteiger charge is 2.25. The summed E-state index contributed by atoms with van der Waals surface area (Å²) in [6.45, 7) is 1.19. The normalized spacial score (nSPS) is 15.3. The van der Waals surface area contributed by atoms with Crippen LogP contribution in [-0.2, 0) is 11.3 Å². The molecule has 1 amide bonds. The highest BCUT2D eigenvalue weighted by Crippen LogP contribution is 2.20. The van der Waals surface area contributed by atoms with Gasteiger partial charge in [-0.3, -0.25) is 14.2 Å². The minimum atomic E-state index is -0.196. The van der Waals surface area contributed by atoms with Crippen molar-refractivity contribution >= 4 is 28.1 Å². The van der Waals surface area contributed by atoms with Gasteiger partial charge in [-0.1, -0.05) is 23.5 Å². The van der Waals surface area contributed by atoms with Crippen LogP contribution in [0.2, 0.25) is 0 Å². The number of hydrogen-bond acceptors (Lipinski definition) is 7. The molecule has 0 N–H and O–H groups in total. The van der Waals surface area contributed by atoms with E-state index in [1.165, 1.54) is 22.2 Å². The van der Waals surface area contributed by atoms with Crippen LogP contribution in [0.25, 0.3) is 10.9 Å². The van der Waals surface area contributed by atoms with Gasteiger partial charge in [-0.25, -0.2) is 4.98 Å². The van der Waals surface area contributed by atoms with Gasteiger partial charge in [0.1, 0.15) is 18.2 Å². The molecule has 0 aliphatic carbocycles. The standard InChI is InChI=1S/C17H17N5O3S/c23-15(9-22-10-18-14-4-2-1-3-13(14)16(22)24)21-7-5-12(6-8-21)25-17-20-19-11-26-17/h1-4,10-12H,5-9H2. The molecule has 0 radical (unpaired) electrons. The third-order valence-electron chi connectivity index (χ3n) is 4.44. The lowest BCUT2D eigenvalue weighted by atomic mass is 10.1. The van der Waals surface area contributed by atoms with Crippen molar-refractivity contribution in [3.8, 4) is 5.19 Å². The van der Waals surface area contributed by atoms with E-state index in [0.29, 0.717) is 29.2 Å². The van der Waals surface area contributed by atoms with Crippen LogP contribution in [0.5, 0.6) is 5.19 Å². The molecule has 3 aromatic rings. The van der Waals surface area contributed by atoms with Crippen molar-refractivity contribution in [1.82, 2.24) is 24.6 Å². The van der Waals surface area contributed by atoms with Crippen molar-refractivity contribution in [1.29, 1.82) is 0 Å². The molecule has 0 spiro atoms. The van der Waals surface area contributed by atoms with Crippen molar-refractivity contribution in [2.24, 2.45) is 0 Å². The Kier molecular flexibility index (Phi) is 4.61. The SMILES string of the molecule is O=C(Cn1cnc2ccccc2c1=O)N1CCC(Oc2nncs2)CC1. The Balaban J connectivity index is 1.38. The summed E-state index contributed by atoms with van der Waals surface area (Å²) < 4.78 is 7.12. The molecule has 1 aliphatic heterocycles. The number of amides is 1. The van der Waals surface area contributed by atoms with Gasteiger partial charge in [0.05, 0.1) is 17.2 Å². The van der Waals surface area contributed by atoms with Crippen molar-refractivity contribution < 1.29 is 9.53 Å². The molecule has 4 rings (SSSR count). The van der Waals surface area contributed by atoms with Crippen molar-refractivity contribution in [2.45, 2.75) is 25.5 Å². The fraction of sp³-hybridized carbons (Fsp3) is 0.353. The molecule has 0 bridgehead atoms. The molecule has 1 aliphatic rings. The molecule has 3 heterocycles. The lowest BCUT2D eigenvalue weighted by Gasteiger charge is -2.31. The Morgan fingerprint density at radius 1 is 1.27 bits per heavy atom. The number of aromatic nitrogens is 4. The van der Waals surface area contributed by atoms with Gasteiger partial charge in [-0.2, -0.15) is 0 Å². The van der Waals surface area contributed by atoms with Crippen LogP contribution in [0.15, 0.2) is 40.9 Å². The average Bonchev–Trinajstić information content (AvgIpc) is 3.18. The van der Waals surface area contributed by atoms with Gasteiger partial charge < -0.3 is 9.64 Å². The smallest absolute Gasteiger partial charge is 0.294 e. The molecule has 1 saturated heterocycles. The minimum absolute atomic E-state index is 0.00140. The average molecular weight is 371 g/mol. The van der Waals surface area contributed by atoms with E-state index in [4.69, 9.17) is 4.74 Å². The number of carbonyl (C=O) groups excluding carboxylic acids is 1. The Morgan fingerprint density at radius 2 is 2.08 bits per heavy atom. The monoisotopic (exact) mass is 371 g/mol. The molecule has 0 unspecified atom stereocenters. The molecule has 1 fully saturated rings. The number of para-hydroxylation sites is 1. The number of carbonyl (C=O) groups is 1. The number of fused-ring (bicyclic) bond motifs is 1. The zero-order valence-electron chi connectivity index (χ0n) is 13.9. The van der Waals surface area contributed by atoms with Gasteiger partial charge in [0.25, 0.3) is 10.8 Å². The summed E-state index contributed by atoms with van der Waals surface area (Å²) in [7, 11) is 0. The van der Waals surface area contributed by atoms with Crippen LogP contribution in [0.1, 0.15) is 12.8 Å². The summed E-state index contributed by atoms with van der Waals surface area (Å²) in [6, 6.07) is 7.13. The number of benzene rings is 1. The summed E-state index contributed by atoms with van der Waals surface area (Å²) in [4.78, 5) is 31.1. The second-order valence-electron chi connectivity index (χ2n) is 6.10. The van der Waals surface area contributed by atoms with E-state index in [1.54, 1.807) is 28.6 Å². The maximum atomic E-state index is 12.6. The van der Waals surface area contributed by atoms with Gasteiger partial charge in [0, 0.05) is 25.9 Å². The Labute approximate surface area is 153 Å². The molecule has 9 heteroatoms. The van der Waals surface area contributed by atoms with Crippen molar-refractivity contribution in [2.75, 3.05) is 13.1 Å². The predicted octanol–water partition coefficient (Wildman–Crippen LogP) is 1.32. The summed E-state index contributed by atoms with van der Waals surface area (Å²) >= 11 is 1.36. The Hall–Kier alpha value is -2.81. The zero-order valence-corrected chi connectivity index (χ0v) is 14.8. The third-order valence-corrected chi connectivity index (χ3v) is 5.02. The van der Waals surface area contributed by atoms with Gasteiger partial charge in [0.15, 0.2) is 0 Å². The second-order valence-corrected chi connectivity index (χ2v) is 6.89. The predicted molar refractivity (Wildman–Crippen MR) is 96.1 cm³/mol. The van der Waals surface area contributed by atoms with E-state index in [-0.39, 0.29) is 24.1 Å².